The smallest absolute Gasteiger partial charge is 0.419 e. The number of nitrogens with one attached hydrogen (secondary N) is 2. The molecular formula is C23H20F4N4O. The number of benzene rings is 2. The van der Waals surface area contributed by atoms with E-state index >= 15 is 0 Å². The summed E-state index contributed by atoms with van der Waals surface area (Å²) in [5.41, 5.74) is 1.54. The highest BCUT2D eigenvalue weighted by molar-refractivity contribution is 5.79. The molecule has 2 heterocycles. The quantitative estimate of drug-likeness (QED) is 0.334. The molecule has 0 radical (unpaired) electrons. The van der Waals surface area contributed by atoms with Crippen molar-refractivity contribution in [2.45, 2.75) is 32.4 Å². The number of hydrogen-bond donors (Lipinski definition) is 2. The van der Waals surface area contributed by atoms with Crippen molar-refractivity contribution in [3.63, 3.8) is 0 Å². The van der Waals surface area contributed by atoms with Gasteiger partial charge >= 0.3 is 6.18 Å². The number of aromatic nitrogens is 3. The van der Waals surface area contributed by atoms with E-state index in [9.17, 15) is 17.6 Å². The Bertz CT molecular complexity index is 1280. The van der Waals surface area contributed by atoms with Crippen molar-refractivity contribution < 1.29 is 22.3 Å². The van der Waals surface area contributed by atoms with Gasteiger partial charge in [0.1, 0.15) is 5.69 Å². The number of alkyl halides is 3. The Morgan fingerprint density at radius 3 is 2.50 bits per heavy atom. The molecule has 0 atom stereocenters. The number of halogens is 4. The van der Waals surface area contributed by atoms with Crippen molar-refractivity contribution in [3.8, 4) is 11.6 Å². The molecule has 4 rings (SSSR count). The summed E-state index contributed by atoms with van der Waals surface area (Å²) < 4.78 is 58.8. The minimum Gasteiger partial charge on any atom is -0.434 e. The van der Waals surface area contributed by atoms with Crippen LogP contribution in [0.3, 0.4) is 0 Å². The summed E-state index contributed by atoms with van der Waals surface area (Å²) in [5.74, 6) is -1.80. The van der Waals surface area contributed by atoms with Crippen LogP contribution in [0, 0.1) is 5.82 Å². The lowest BCUT2D eigenvalue weighted by Crippen LogP contribution is -2.10. The molecule has 0 bridgehead atoms. The molecule has 0 aliphatic rings. The van der Waals surface area contributed by atoms with Crippen LogP contribution in [0.5, 0.6) is 11.6 Å². The maximum atomic E-state index is 14.4. The summed E-state index contributed by atoms with van der Waals surface area (Å²) in [5, 5.41) is 3.01. The predicted molar refractivity (Wildman–Crippen MR) is 114 cm³/mol. The van der Waals surface area contributed by atoms with E-state index in [1.807, 2.05) is 18.2 Å². The van der Waals surface area contributed by atoms with E-state index in [1.54, 1.807) is 12.1 Å². The number of anilines is 2. The van der Waals surface area contributed by atoms with E-state index in [4.69, 9.17) is 4.74 Å². The van der Waals surface area contributed by atoms with Crippen LogP contribution >= 0.6 is 0 Å². The highest BCUT2D eigenvalue weighted by Gasteiger charge is 2.35. The maximum Gasteiger partial charge on any atom is 0.419 e. The molecule has 166 valence electrons. The molecule has 0 aliphatic heterocycles. The Hall–Kier alpha value is -3.62. The molecule has 0 saturated heterocycles. The van der Waals surface area contributed by atoms with Gasteiger partial charge < -0.3 is 15.0 Å². The van der Waals surface area contributed by atoms with Gasteiger partial charge in [0.05, 0.1) is 16.6 Å². The maximum absolute atomic E-state index is 14.4. The summed E-state index contributed by atoms with van der Waals surface area (Å²) >= 11 is 0. The van der Waals surface area contributed by atoms with Crippen LogP contribution < -0.4 is 10.1 Å². The van der Waals surface area contributed by atoms with Crippen molar-refractivity contribution in [1.82, 2.24) is 15.0 Å². The number of pyridine rings is 1. The molecule has 0 aliphatic carbocycles. The van der Waals surface area contributed by atoms with Gasteiger partial charge in [0.2, 0.25) is 11.8 Å². The Morgan fingerprint density at radius 1 is 1.00 bits per heavy atom. The SMILES string of the molecule is CC(C)(C)c1ccc2nc(Nc3cccnc3Oc3cccc(C(F)(F)F)c3F)[nH]c2c1. The summed E-state index contributed by atoms with van der Waals surface area (Å²) in [6.07, 6.45) is -3.45. The van der Waals surface area contributed by atoms with Crippen LogP contribution in [-0.4, -0.2) is 15.0 Å². The van der Waals surface area contributed by atoms with Crippen LogP contribution in [0.4, 0.5) is 29.2 Å². The molecule has 9 heteroatoms. The first kappa shape index (κ1) is 21.6. The van der Waals surface area contributed by atoms with Crippen molar-refractivity contribution in [3.05, 3.63) is 71.7 Å². The number of nitrogens with zero attached hydrogens (tertiary/aromatic N) is 2. The topological polar surface area (TPSA) is 62.8 Å². The van der Waals surface area contributed by atoms with Gasteiger partial charge in [-0.25, -0.2) is 14.4 Å². The van der Waals surface area contributed by atoms with Crippen LogP contribution in [0.1, 0.15) is 31.9 Å². The fourth-order valence-corrected chi connectivity index (χ4v) is 3.14. The third-order valence-corrected chi connectivity index (χ3v) is 4.85. The minimum atomic E-state index is -4.84. The number of imidazole rings is 1. The molecule has 5 nitrogen and oxygen atoms in total. The average Bonchev–Trinajstić information content (AvgIpc) is 3.11. The number of aromatic amines is 1. The molecule has 2 N–H and O–H groups in total. The fourth-order valence-electron chi connectivity index (χ4n) is 3.14. The van der Waals surface area contributed by atoms with E-state index in [0.717, 1.165) is 28.7 Å². The van der Waals surface area contributed by atoms with Gasteiger partial charge in [-0.15, -0.1) is 0 Å². The van der Waals surface area contributed by atoms with E-state index in [1.165, 1.54) is 6.20 Å². The summed E-state index contributed by atoms with van der Waals surface area (Å²) in [7, 11) is 0. The number of fused-ring (bicyclic) bond motifs is 1. The molecular weight excluding hydrogens is 424 g/mol. The van der Waals surface area contributed by atoms with Crippen molar-refractivity contribution >= 4 is 22.7 Å². The number of H-pyrrole nitrogens is 1. The Morgan fingerprint density at radius 2 is 1.78 bits per heavy atom. The molecule has 2 aromatic carbocycles. The van der Waals surface area contributed by atoms with Crippen LogP contribution in [0.2, 0.25) is 0 Å². The normalized spacial score (nSPS) is 12.2. The standard InChI is InChI=1S/C23H20F4N4O/c1-22(2,3)13-9-10-15-17(12-13)31-21(29-15)30-16-7-5-11-28-20(16)32-18-8-4-6-14(19(18)24)23(25,26)27/h4-12H,1-3H3,(H2,29,30,31). The van der Waals surface area contributed by atoms with Gasteiger partial charge in [0.15, 0.2) is 11.6 Å². The Kier molecular flexibility index (Phi) is 5.28. The lowest BCUT2D eigenvalue weighted by atomic mass is 9.87. The first-order chi connectivity index (χ1) is 15.0. The highest BCUT2D eigenvalue weighted by Crippen LogP contribution is 2.37. The summed E-state index contributed by atoms with van der Waals surface area (Å²) in [4.78, 5) is 11.7. The molecule has 0 spiro atoms. The zero-order chi connectivity index (χ0) is 23.1. The van der Waals surface area contributed by atoms with Crippen LogP contribution in [-0.2, 0) is 11.6 Å². The molecule has 4 aromatic rings. The van der Waals surface area contributed by atoms with Crippen molar-refractivity contribution in [2.75, 3.05) is 5.32 Å². The van der Waals surface area contributed by atoms with Gasteiger partial charge in [-0.3, -0.25) is 0 Å². The van der Waals surface area contributed by atoms with Gasteiger partial charge in [-0.05, 0) is 47.4 Å². The lowest BCUT2D eigenvalue weighted by molar-refractivity contribution is -0.140. The predicted octanol–water partition coefficient (Wildman–Crippen LogP) is 6.95. The first-order valence-electron chi connectivity index (χ1n) is 9.78. The molecule has 0 saturated carbocycles. The lowest BCUT2D eigenvalue weighted by Gasteiger charge is -2.18. The van der Waals surface area contributed by atoms with Crippen molar-refractivity contribution in [2.24, 2.45) is 0 Å². The van der Waals surface area contributed by atoms with E-state index in [0.29, 0.717) is 17.7 Å². The molecule has 0 amide bonds. The Balaban J connectivity index is 1.64. The van der Waals surface area contributed by atoms with E-state index < -0.39 is 23.3 Å². The minimum absolute atomic E-state index is 0.0354. The zero-order valence-electron chi connectivity index (χ0n) is 17.5. The highest BCUT2D eigenvalue weighted by atomic mass is 19.4. The third-order valence-electron chi connectivity index (χ3n) is 4.85. The number of rotatable bonds is 4. The second kappa shape index (κ2) is 7.81. The first-order valence-corrected chi connectivity index (χ1v) is 9.78. The molecule has 0 unspecified atom stereocenters. The van der Waals surface area contributed by atoms with Crippen molar-refractivity contribution in [1.29, 1.82) is 0 Å². The largest absolute Gasteiger partial charge is 0.434 e. The second-order valence-electron chi connectivity index (χ2n) is 8.27. The monoisotopic (exact) mass is 444 g/mol. The Labute approximate surface area is 181 Å². The second-order valence-corrected chi connectivity index (χ2v) is 8.27. The van der Waals surface area contributed by atoms with E-state index in [-0.39, 0.29) is 11.3 Å². The third kappa shape index (κ3) is 4.37. The van der Waals surface area contributed by atoms with Crippen LogP contribution in [0.25, 0.3) is 11.0 Å². The van der Waals surface area contributed by atoms with Gasteiger partial charge in [-0.1, -0.05) is 32.9 Å². The molecule has 0 fully saturated rings. The van der Waals surface area contributed by atoms with Gasteiger partial charge in [-0.2, -0.15) is 13.2 Å². The van der Waals surface area contributed by atoms with Gasteiger partial charge in [0.25, 0.3) is 0 Å². The number of hydrogen-bond acceptors (Lipinski definition) is 4. The van der Waals surface area contributed by atoms with Gasteiger partial charge in [0, 0.05) is 6.20 Å². The van der Waals surface area contributed by atoms with Crippen LogP contribution in [0.15, 0.2) is 54.7 Å². The summed E-state index contributed by atoms with van der Waals surface area (Å²) in [6.45, 7) is 6.32. The number of ether oxygens (including phenoxy) is 1. The fraction of sp³-hybridized carbons (Fsp3) is 0.217. The summed E-state index contributed by atoms with van der Waals surface area (Å²) in [6, 6.07) is 12.0. The molecule has 32 heavy (non-hydrogen) atoms. The van der Waals surface area contributed by atoms with E-state index in [2.05, 4.69) is 41.0 Å². The molecule has 2 aromatic heterocycles. The zero-order valence-corrected chi connectivity index (χ0v) is 17.5. The average molecular weight is 444 g/mol.